The maximum Gasteiger partial charge on any atom is 0.228 e. The highest BCUT2D eigenvalue weighted by Crippen LogP contribution is 2.34. The number of aromatic amines is 1. The van der Waals surface area contributed by atoms with E-state index in [-0.39, 0.29) is 36.1 Å². The van der Waals surface area contributed by atoms with Crippen LogP contribution in [-0.2, 0) is 11.2 Å². The van der Waals surface area contributed by atoms with Crippen LogP contribution in [-0.4, -0.2) is 38.2 Å². The molecule has 44 heavy (non-hydrogen) atoms. The Morgan fingerprint density at radius 2 is 1.77 bits per heavy atom. The number of rotatable bonds is 6. The lowest BCUT2D eigenvalue weighted by molar-refractivity contribution is -0.115. The first-order valence-electron chi connectivity index (χ1n) is 14.0. The van der Waals surface area contributed by atoms with Gasteiger partial charge in [-0.3, -0.25) is 19.8 Å². The van der Waals surface area contributed by atoms with Crippen LogP contribution in [0, 0.1) is 18.6 Å². The largest absolute Gasteiger partial charge is 0.364 e. The second-order valence-electron chi connectivity index (χ2n) is 10.5. The van der Waals surface area contributed by atoms with Crippen LogP contribution in [0.1, 0.15) is 22.5 Å². The summed E-state index contributed by atoms with van der Waals surface area (Å²) in [5.41, 5.74) is 6.85. The van der Waals surface area contributed by atoms with Gasteiger partial charge in [0.2, 0.25) is 5.91 Å². The number of hydrogen-bond donors (Lipinski definition) is 3. The fourth-order valence-electron chi connectivity index (χ4n) is 5.36. The van der Waals surface area contributed by atoms with Gasteiger partial charge < -0.3 is 15.6 Å². The lowest BCUT2D eigenvalue weighted by Gasteiger charge is -2.19. The second-order valence-corrected chi connectivity index (χ2v) is 10.5. The van der Waals surface area contributed by atoms with Crippen molar-refractivity contribution in [3.63, 3.8) is 0 Å². The van der Waals surface area contributed by atoms with E-state index in [1.807, 2.05) is 49.4 Å². The molecule has 0 bridgehead atoms. The highest BCUT2D eigenvalue weighted by molar-refractivity contribution is 6.16. The molecule has 1 amide bonds. The molecule has 3 aromatic heterocycles. The SMILES string of the molecule is Cc1ccc(-c2ccc(F)cc2)c2[nH]c(C3=NCNc4cnc(-c5cncc(NC(=O)Cc6ccccc6)c5)c(F)c43)nc12. The van der Waals surface area contributed by atoms with E-state index >= 15 is 4.39 Å². The summed E-state index contributed by atoms with van der Waals surface area (Å²) in [6.07, 6.45) is 4.76. The number of nitrogens with one attached hydrogen (secondary N) is 3. The molecule has 0 fully saturated rings. The number of benzene rings is 3. The van der Waals surface area contributed by atoms with Crippen LogP contribution in [0.5, 0.6) is 0 Å². The summed E-state index contributed by atoms with van der Waals surface area (Å²) in [5, 5.41) is 5.93. The number of amides is 1. The molecule has 4 heterocycles. The third-order valence-electron chi connectivity index (χ3n) is 7.49. The van der Waals surface area contributed by atoms with Crippen molar-refractivity contribution in [2.24, 2.45) is 4.99 Å². The van der Waals surface area contributed by atoms with Crippen LogP contribution in [0.3, 0.4) is 0 Å². The van der Waals surface area contributed by atoms with Crippen molar-refractivity contribution in [1.82, 2.24) is 19.9 Å². The summed E-state index contributed by atoms with van der Waals surface area (Å²) in [7, 11) is 0. The van der Waals surface area contributed by atoms with Gasteiger partial charge >= 0.3 is 0 Å². The molecule has 1 aliphatic heterocycles. The van der Waals surface area contributed by atoms with Crippen molar-refractivity contribution in [3.05, 3.63) is 126 Å². The van der Waals surface area contributed by atoms with Crippen LogP contribution < -0.4 is 10.6 Å². The average molecular weight is 586 g/mol. The lowest BCUT2D eigenvalue weighted by Crippen LogP contribution is -2.20. The highest BCUT2D eigenvalue weighted by atomic mass is 19.1. The number of halogens is 2. The zero-order chi connectivity index (χ0) is 30.2. The zero-order valence-corrected chi connectivity index (χ0v) is 23.5. The maximum atomic E-state index is 16.4. The van der Waals surface area contributed by atoms with E-state index < -0.39 is 5.82 Å². The monoisotopic (exact) mass is 585 g/mol. The minimum Gasteiger partial charge on any atom is -0.364 e. The molecule has 3 aromatic carbocycles. The minimum atomic E-state index is -0.598. The first-order valence-corrected chi connectivity index (χ1v) is 14.0. The van der Waals surface area contributed by atoms with E-state index in [0.29, 0.717) is 34.0 Å². The van der Waals surface area contributed by atoms with Gasteiger partial charge in [-0.05, 0) is 41.8 Å². The highest BCUT2D eigenvalue weighted by Gasteiger charge is 2.27. The molecule has 3 N–H and O–H groups in total. The van der Waals surface area contributed by atoms with Crippen LogP contribution in [0.2, 0.25) is 0 Å². The summed E-state index contributed by atoms with van der Waals surface area (Å²) in [5.74, 6) is -0.735. The number of pyridine rings is 2. The van der Waals surface area contributed by atoms with Gasteiger partial charge in [-0.25, -0.2) is 13.8 Å². The van der Waals surface area contributed by atoms with Gasteiger partial charge in [-0.15, -0.1) is 0 Å². The van der Waals surface area contributed by atoms with Gasteiger partial charge in [0.25, 0.3) is 0 Å². The Morgan fingerprint density at radius 1 is 0.955 bits per heavy atom. The smallest absolute Gasteiger partial charge is 0.228 e. The molecule has 0 radical (unpaired) electrons. The average Bonchev–Trinajstić information content (AvgIpc) is 3.49. The van der Waals surface area contributed by atoms with Crippen molar-refractivity contribution >= 4 is 34.0 Å². The van der Waals surface area contributed by atoms with E-state index in [9.17, 15) is 9.18 Å². The first-order chi connectivity index (χ1) is 21.4. The molecule has 10 heteroatoms. The number of anilines is 2. The van der Waals surface area contributed by atoms with Crippen molar-refractivity contribution in [2.75, 3.05) is 17.3 Å². The number of aliphatic imine (C=N–C) groups is 1. The Labute approximate surface area is 251 Å². The Bertz CT molecular complexity index is 2070. The number of nitrogens with zero attached hydrogens (tertiary/aromatic N) is 4. The molecule has 6 aromatic rings. The number of aromatic nitrogens is 4. The maximum absolute atomic E-state index is 16.4. The molecule has 0 aliphatic carbocycles. The van der Waals surface area contributed by atoms with Crippen LogP contribution in [0.25, 0.3) is 33.4 Å². The van der Waals surface area contributed by atoms with Crippen LogP contribution >= 0.6 is 0 Å². The quantitative estimate of drug-likeness (QED) is 0.202. The number of fused-ring (bicyclic) bond motifs is 2. The van der Waals surface area contributed by atoms with Gasteiger partial charge in [0.1, 0.15) is 23.9 Å². The molecule has 216 valence electrons. The molecule has 8 nitrogen and oxygen atoms in total. The molecule has 0 atom stereocenters. The molecule has 0 saturated heterocycles. The molecule has 1 aliphatic rings. The number of carbonyl (C=O) groups is 1. The summed E-state index contributed by atoms with van der Waals surface area (Å²) in [4.78, 5) is 34.0. The number of carbonyl (C=O) groups excluding carboxylic acids is 1. The van der Waals surface area contributed by atoms with E-state index in [0.717, 1.165) is 27.8 Å². The molecule has 0 spiro atoms. The van der Waals surface area contributed by atoms with E-state index in [1.165, 1.54) is 24.5 Å². The number of aryl methyl sites for hydroxylation is 1. The number of hydrogen-bond acceptors (Lipinski definition) is 6. The topological polar surface area (TPSA) is 108 Å². The third-order valence-corrected chi connectivity index (χ3v) is 7.49. The molecular weight excluding hydrogens is 560 g/mol. The van der Waals surface area contributed by atoms with E-state index in [4.69, 9.17) is 4.98 Å². The Morgan fingerprint density at radius 3 is 2.59 bits per heavy atom. The fraction of sp³-hybridized carbons (Fsp3) is 0.0882. The Balaban J connectivity index is 1.24. The fourth-order valence-corrected chi connectivity index (χ4v) is 5.36. The minimum absolute atomic E-state index is 0.0612. The van der Waals surface area contributed by atoms with Gasteiger partial charge in [-0.1, -0.05) is 54.6 Å². The normalized spacial score (nSPS) is 12.4. The lowest BCUT2D eigenvalue weighted by atomic mass is 10.0. The predicted molar refractivity (Wildman–Crippen MR) is 167 cm³/mol. The number of imidazole rings is 1. The standard InChI is InChI=1S/C34H25F2N7O/c1-19-7-12-25(21-8-10-23(35)11-9-21)32-30(19)42-34(43-32)33-28-26(39-18-40-33)17-38-31(29(28)36)22-14-24(16-37-15-22)41-27(44)13-20-5-3-2-4-6-20/h2-12,14-17,39H,13,18H2,1H3,(H,41,44)(H,42,43). The first kappa shape index (κ1) is 27.1. The number of H-pyrrole nitrogens is 1. The van der Waals surface area contributed by atoms with Gasteiger partial charge in [0.05, 0.1) is 46.8 Å². The van der Waals surface area contributed by atoms with E-state index in [2.05, 4.69) is 30.6 Å². The van der Waals surface area contributed by atoms with Crippen molar-refractivity contribution in [1.29, 1.82) is 0 Å². The van der Waals surface area contributed by atoms with Crippen LogP contribution in [0.4, 0.5) is 20.2 Å². The van der Waals surface area contributed by atoms with Gasteiger partial charge in [-0.2, -0.15) is 0 Å². The van der Waals surface area contributed by atoms with Crippen molar-refractivity contribution in [3.8, 4) is 22.4 Å². The summed E-state index contributed by atoms with van der Waals surface area (Å²) < 4.78 is 30.0. The summed E-state index contributed by atoms with van der Waals surface area (Å²) in [6.45, 7) is 2.16. The Kier molecular flexibility index (Phi) is 6.86. The predicted octanol–water partition coefficient (Wildman–Crippen LogP) is 6.68. The molecule has 0 unspecified atom stereocenters. The summed E-state index contributed by atoms with van der Waals surface area (Å²) >= 11 is 0. The Hall–Kier alpha value is -5.77. The van der Waals surface area contributed by atoms with Gasteiger partial charge in [0.15, 0.2) is 11.6 Å². The van der Waals surface area contributed by atoms with Crippen molar-refractivity contribution < 1.29 is 13.6 Å². The second kappa shape index (κ2) is 11.1. The third kappa shape index (κ3) is 5.06. The molecule has 7 rings (SSSR count). The summed E-state index contributed by atoms with van der Waals surface area (Å²) in [6, 6.07) is 21.2. The molecular formula is C34H25F2N7O. The van der Waals surface area contributed by atoms with E-state index in [1.54, 1.807) is 24.4 Å². The molecule has 0 saturated carbocycles. The zero-order valence-electron chi connectivity index (χ0n) is 23.5. The van der Waals surface area contributed by atoms with Gasteiger partial charge in [0, 0.05) is 17.3 Å². The van der Waals surface area contributed by atoms with Crippen molar-refractivity contribution in [2.45, 2.75) is 13.3 Å². The van der Waals surface area contributed by atoms with Crippen LogP contribution in [0.15, 0.2) is 96.4 Å².